The Bertz CT molecular complexity index is 608. The number of aromatic nitrogens is 1. The SMILES string of the molecule is CCC(N)Cc1cc2ccccc2nc1N1CCSCC1. The van der Waals surface area contributed by atoms with E-state index in [0.717, 1.165) is 37.3 Å². The summed E-state index contributed by atoms with van der Waals surface area (Å²) in [5, 5.41) is 1.21. The number of fused-ring (bicyclic) bond motifs is 1. The van der Waals surface area contributed by atoms with Crippen molar-refractivity contribution in [2.75, 3.05) is 29.5 Å². The molecule has 1 atom stereocenters. The zero-order valence-electron chi connectivity index (χ0n) is 12.6. The fourth-order valence-corrected chi connectivity index (χ4v) is 3.68. The summed E-state index contributed by atoms with van der Waals surface area (Å²) >= 11 is 2.03. The topological polar surface area (TPSA) is 42.1 Å². The summed E-state index contributed by atoms with van der Waals surface area (Å²) in [5.74, 6) is 3.53. The van der Waals surface area contributed by atoms with Gasteiger partial charge in [-0.2, -0.15) is 11.8 Å². The summed E-state index contributed by atoms with van der Waals surface area (Å²) in [6, 6.07) is 10.9. The van der Waals surface area contributed by atoms with Crippen LogP contribution >= 0.6 is 11.8 Å². The minimum absolute atomic E-state index is 0.214. The molecule has 1 unspecified atom stereocenters. The van der Waals surface area contributed by atoms with Crippen LogP contribution in [0, 0.1) is 0 Å². The van der Waals surface area contributed by atoms with Gasteiger partial charge < -0.3 is 10.6 Å². The fourth-order valence-electron chi connectivity index (χ4n) is 2.78. The van der Waals surface area contributed by atoms with E-state index in [2.05, 4.69) is 42.2 Å². The monoisotopic (exact) mass is 301 g/mol. The number of rotatable bonds is 4. The minimum atomic E-state index is 0.214. The van der Waals surface area contributed by atoms with Crippen LogP contribution in [0.5, 0.6) is 0 Å². The van der Waals surface area contributed by atoms with E-state index in [0.29, 0.717) is 0 Å². The lowest BCUT2D eigenvalue weighted by atomic mass is 10.0. The van der Waals surface area contributed by atoms with Crippen LogP contribution < -0.4 is 10.6 Å². The Labute approximate surface area is 130 Å². The fraction of sp³-hybridized carbons (Fsp3) is 0.471. The van der Waals surface area contributed by atoms with Crippen LogP contribution in [-0.2, 0) is 6.42 Å². The van der Waals surface area contributed by atoms with Crippen molar-refractivity contribution in [3.05, 3.63) is 35.9 Å². The van der Waals surface area contributed by atoms with Crippen LogP contribution in [0.2, 0.25) is 0 Å². The number of nitrogens with two attached hydrogens (primary N) is 1. The van der Waals surface area contributed by atoms with Crippen molar-refractivity contribution in [2.45, 2.75) is 25.8 Å². The zero-order chi connectivity index (χ0) is 14.7. The lowest BCUT2D eigenvalue weighted by Gasteiger charge is -2.30. The first-order valence-electron chi connectivity index (χ1n) is 7.75. The number of pyridine rings is 1. The molecular weight excluding hydrogens is 278 g/mol. The van der Waals surface area contributed by atoms with Crippen LogP contribution in [0.1, 0.15) is 18.9 Å². The van der Waals surface area contributed by atoms with E-state index < -0.39 is 0 Å². The Morgan fingerprint density at radius 1 is 1.29 bits per heavy atom. The number of nitrogens with zero attached hydrogens (tertiary/aromatic N) is 2. The molecule has 3 rings (SSSR count). The molecule has 0 saturated carbocycles. The van der Waals surface area contributed by atoms with E-state index in [9.17, 15) is 0 Å². The normalized spacial score (nSPS) is 17.1. The number of thioether (sulfide) groups is 1. The van der Waals surface area contributed by atoms with Gasteiger partial charge in [0.15, 0.2) is 0 Å². The van der Waals surface area contributed by atoms with Gasteiger partial charge in [0.2, 0.25) is 0 Å². The summed E-state index contributed by atoms with van der Waals surface area (Å²) in [4.78, 5) is 7.38. The average molecular weight is 301 g/mol. The Kier molecular flexibility index (Phi) is 4.66. The molecule has 2 aromatic rings. The van der Waals surface area contributed by atoms with Crippen LogP contribution in [0.25, 0.3) is 10.9 Å². The van der Waals surface area contributed by atoms with Crippen molar-refractivity contribution < 1.29 is 0 Å². The first kappa shape index (κ1) is 14.7. The molecule has 0 bridgehead atoms. The first-order valence-corrected chi connectivity index (χ1v) is 8.90. The van der Waals surface area contributed by atoms with Gasteiger partial charge in [-0.25, -0.2) is 4.98 Å². The Morgan fingerprint density at radius 2 is 2.05 bits per heavy atom. The van der Waals surface area contributed by atoms with Gasteiger partial charge in [0.1, 0.15) is 5.82 Å². The smallest absolute Gasteiger partial charge is 0.132 e. The summed E-state index contributed by atoms with van der Waals surface area (Å²) < 4.78 is 0. The largest absolute Gasteiger partial charge is 0.355 e. The highest BCUT2D eigenvalue weighted by Gasteiger charge is 2.18. The molecule has 0 aliphatic carbocycles. The summed E-state index contributed by atoms with van der Waals surface area (Å²) in [5.41, 5.74) is 8.58. The zero-order valence-corrected chi connectivity index (χ0v) is 13.4. The number of benzene rings is 1. The predicted octanol–water partition coefficient (Wildman–Crippen LogP) is 3.07. The Hall–Kier alpha value is -1.26. The molecule has 1 aromatic heterocycles. The summed E-state index contributed by atoms with van der Waals surface area (Å²) in [7, 11) is 0. The molecule has 0 amide bonds. The van der Waals surface area contributed by atoms with Gasteiger partial charge in [-0.3, -0.25) is 0 Å². The van der Waals surface area contributed by atoms with Crippen LogP contribution in [-0.4, -0.2) is 35.6 Å². The van der Waals surface area contributed by atoms with Crippen molar-refractivity contribution in [2.24, 2.45) is 5.73 Å². The molecule has 1 aliphatic heterocycles. The number of para-hydroxylation sites is 1. The third kappa shape index (κ3) is 3.33. The van der Waals surface area contributed by atoms with Gasteiger partial charge in [-0.1, -0.05) is 25.1 Å². The molecular formula is C17H23N3S. The molecule has 0 spiro atoms. The number of anilines is 1. The third-order valence-electron chi connectivity index (χ3n) is 4.10. The van der Waals surface area contributed by atoms with Gasteiger partial charge in [-0.05, 0) is 30.5 Å². The van der Waals surface area contributed by atoms with E-state index >= 15 is 0 Å². The van der Waals surface area contributed by atoms with Crippen molar-refractivity contribution >= 4 is 28.5 Å². The quantitative estimate of drug-likeness (QED) is 0.942. The Balaban J connectivity index is 2.02. The van der Waals surface area contributed by atoms with E-state index in [4.69, 9.17) is 10.7 Å². The second-order valence-corrected chi connectivity index (χ2v) is 6.86. The minimum Gasteiger partial charge on any atom is -0.355 e. The second-order valence-electron chi connectivity index (χ2n) is 5.64. The predicted molar refractivity (Wildman–Crippen MR) is 93.3 cm³/mol. The molecule has 1 fully saturated rings. The average Bonchev–Trinajstić information content (AvgIpc) is 2.55. The molecule has 2 heterocycles. The van der Waals surface area contributed by atoms with Crippen molar-refractivity contribution in [1.82, 2.24) is 4.98 Å². The molecule has 4 heteroatoms. The maximum atomic E-state index is 6.20. The first-order chi connectivity index (χ1) is 10.3. The van der Waals surface area contributed by atoms with Crippen molar-refractivity contribution in [3.8, 4) is 0 Å². The van der Waals surface area contributed by atoms with Gasteiger partial charge in [0.25, 0.3) is 0 Å². The second kappa shape index (κ2) is 6.67. The molecule has 0 radical (unpaired) electrons. The highest BCUT2D eigenvalue weighted by molar-refractivity contribution is 7.99. The molecule has 112 valence electrons. The lowest BCUT2D eigenvalue weighted by Crippen LogP contribution is -2.34. The summed E-state index contributed by atoms with van der Waals surface area (Å²) in [6.07, 6.45) is 1.91. The van der Waals surface area contributed by atoms with E-state index in [1.54, 1.807) is 0 Å². The van der Waals surface area contributed by atoms with Gasteiger partial charge >= 0.3 is 0 Å². The van der Waals surface area contributed by atoms with Crippen LogP contribution in [0.15, 0.2) is 30.3 Å². The molecule has 1 saturated heterocycles. The highest BCUT2D eigenvalue weighted by Crippen LogP contribution is 2.27. The summed E-state index contributed by atoms with van der Waals surface area (Å²) in [6.45, 7) is 4.32. The Morgan fingerprint density at radius 3 is 2.81 bits per heavy atom. The van der Waals surface area contributed by atoms with Crippen LogP contribution in [0.3, 0.4) is 0 Å². The van der Waals surface area contributed by atoms with Gasteiger partial charge in [-0.15, -0.1) is 0 Å². The van der Waals surface area contributed by atoms with Gasteiger partial charge in [0.05, 0.1) is 5.52 Å². The molecule has 1 aliphatic rings. The van der Waals surface area contributed by atoms with Crippen LogP contribution in [0.4, 0.5) is 5.82 Å². The van der Waals surface area contributed by atoms with E-state index in [1.165, 1.54) is 22.5 Å². The van der Waals surface area contributed by atoms with Gasteiger partial charge in [0, 0.05) is 36.0 Å². The lowest BCUT2D eigenvalue weighted by molar-refractivity contribution is 0.643. The number of hydrogen-bond donors (Lipinski definition) is 1. The maximum absolute atomic E-state index is 6.20. The van der Waals surface area contributed by atoms with Crippen molar-refractivity contribution in [3.63, 3.8) is 0 Å². The third-order valence-corrected chi connectivity index (χ3v) is 5.04. The number of hydrogen-bond acceptors (Lipinski definition) is 4. The highest BCUT2D eigenvalue weighted by atomic mass is 32.2. The maximum Gasteiger partial charge on any atom is 0.132 e. The van der Waals surface area contributed by atoms with E-state index in [-0.39, 0.29) is 6.04 Å². The molecule has 21 heavy (non-hydrogen) atoms. The standard InChI is InChI=1S/C17H23N3S/c1-2-15(18)12-14-11-13-5-3-4-6-16(13)19-17(14)20-7-9-21-10-8-20/h3-6,11,15H,2,7-10,12,18H2,1H3. The molecule has 2 N–H and O–H groups in total. The van der Waals surface area contributed by atoms with E-state index in [1.807, 2.05) is 11.8 Å². The molecule has 1 aromatic carbocycles. The molecule has 3 nitrogen and oxygen atoms in total. The van der Waals surface area contributed by atoms with Crippen molar-refractivity contribution in [1.29, 1.82) is 0 Å².